The van der Waals surface area contributed by atoms with Crippen molar-refractivity contribution in [2.75, 3.05) is 19.0 Å². The van der Waals surface area contributed by atoms with Crippen molar-refractivity contribution in [3.05, 3.63) is 81.9 Å². The van der Waals surface area contributed by atoms with Gasteiger partial charge in [0.25, 0.3) is 5.69 Å². The maximum Gasteiger partial charge on any atom is 0.345 e. The molecule has 1 amide bonds. The van der Waals surface area contributed by atoms with E-state index in [1.54, 1.807) is 25.1 Å². The van der Waals surface area contributed by atoms with E-state index in [9.17, 15) is 33.3 Å². The number of phenols is 1. The van der Waals surface area contributed by atoms with Crippen molar-refractivity contribution in [2.24, 2.45) is 0 Å². The Bertz CT molecular complexity index is 1470. The molecule has 0 aliphatic heterocycles. The summed E-state index contributed by atoms with van der Waals surface area (Å²) in [6.07, 6.45) is 0. The van der Waals surface area contributed by atoms with Crippen LogP contribution in [0.3, 0.4) is 0 Å². The molecular weight excluding hydrogens is 595 g/mol. The van der Waals surface area contributed by atoms with Gasteiger partial charge in [-0.1, -0.05) is 6.07 Å². The molecule has 0 heterocycles. The molecule has 0 aliphatic carbocycles. The minimum absolute atomic E-state index is 0.187. The molecule has 0 radical (unpaired) electrons. The molecule has 4 N–H and O–H groups in total. The van der Waals surface area contributed by atoms with Crippen molar-refractivity contribution in [3.63, 3.8) is 0 Å². The van der Waals surface area contributed by atoms with Crippen molar-refractivity contribution in [1.29, 1.82) is 0 Å². The topological polar surface area (TPSA) is 212 Å². The van der Waals surface area contributed by atoms with Gasteiger partial charge >= 0.3 is 100 Å². The van der Waals surface area contributed by atoms with E-state index in [1.807, 2.05) is 0 Å². The maximum atomic E-state index is 11.7. The van der Waals surface area contributed by atoms with Gasteiger partial charge in [0, 0.05) is 12.1 Å². The normalized spacial score (nSPS) is 10.4. The Morgan fingerprint density at radius 2 is 1.65 bits per heavy atom. The molecule has 0 unspecified atom stereocenters. The number of hydrogen-bond acceptors (Lipinski definition) is 10. The van der Waals surface area contributed by atoms with Gasteiger partial charge in [0.05, 0.1) is 24.2 Å². The largest absolute Gasteiger partial charge is 0.465 e. The summed E-state index contributed by atoms with van der Waals surface area (Å²) < 4.78 is 43.8. The second kappa shape index (κ2) is 13.9. The van der Waals surface area contributed by atoms with Gasteiger partial charge in [0.2, 0.25) is 0 Å². The number of amides is 1. The van der Waals surface area contributed by atoms with Gasteiger partial charge in [-0.15, -0.1) is 0 Å². The average Bonchev–Trinajstić information content (AvgIpc) is 2.89. The number of ether oxygens (including phenoxy) is 3. The Hall–Kier alpha value is -4.65. The Balaban J connectivity index is 0.000000319. The summed E-state index contributed by atoms with van der Waals surface area (Å²) in [5.41, 5.74) is -0.544. The van der Waals surface area contributed by atoms with Crippen LogP contribution in [-0.4, -0.2) is 64.0 Å². The fourth-order valence-electron chi connectivity index (χ4n) is 3.12. The molecule has 0 aliphatic rings. The van der Waals surface area contributed by atoms with Crippen molar-refractivity contribution in [1.82, 2.24) is 0 Å². The standard InChI is InChI=1S/C17H15NO7.C8H10AsNO5/c1-3-24-16(19)11-5-4-6-12(9-11)25-13-7-8-15(18(21)22)14(10-13)17(20)23-2;1-5(11)10-8-6(9(13,14)15)3-2-4-7(8)12/h4-10H,3H2,1-2H3;2-4,12H,1H3,(H,10,11)(H2,13,14,15). The smallest absolute Gasteiger partial charge is 0.345 e. The van der Waals surface area contributed by atoms with E-state index in [-0.39, 0.29) is 39.4 Å². The van der Waals surface area contributed by atoms with Crippen LogP contribution in [-0.2, 0) is 18.0 Å². The number of methoxy groups -OCH3 is 1. The number of benzene rings is 3. The number of rotatable bonds is 8. The molecule has 0 aromatic heterocycles. The number of carbonyl (C=O) groups excluding carboxylic acids is 3. The van der Waals surface area contributed by atoms with Crippen LogP contribution in [0.5, 0.6) is 17.2 Å². The molecule has 0 atom stereocenters. The number of anilines is 1. The Kier molecular flexibility index (Phi) is 11.0. The van der Waals surface area contributed by atoms with Gasteiger partial charge in [-0.3, -0.25) is 10.1 Å². The second-order valence-corrected chi connectivity index (χ2v) is 11.0. The first kappa shape index (κ1) is 31.6. The van der Waals surface area contributed by atoms with Crippen LogP contribution >= 0.6 is 0 Å². The predicted molar refractivity (Wildman–Crippen MR) is 140 cm³/mol. The van der Waals surface area contributed by atoms with Gasteiger partial charge < -0.3 is 14.2 Å². The molecule has 3 aromatic carbocycles. The zero-order chi connectivity index (χ0) is 30.0. The molecule has 40 heavy (non-hydrogen) atoms. The fraction of sp³-hybridized carbons (Fsp3) is 0.160. The summed E-state index contributed by atoms with van der Waals surface area (Å²) in [5.74, 6) is -1.72. The van der Waals surface area contributed by atoms with Crippen LogP contribution in [0.1, 0.15) is 34.6 Å². The molecule has 0 saturated carbocycles. The summed E-state index contributed by atoms with van der Waals surface area (Å²) in [5, 5.41) is 22.5. The van der Waals surface area contributed by atoms with E-state index in [2.05, 4.69) is 10.1 Å². The predicted octanol–water partition coefficient (Wildman–Crippen LogP) is 2.26. The van der Waals surface area contributed by atoms with Gasteiger partial charge in [-0.05, 0) is 31.2 Å². The Labute approximate surface area is 230 Å². The number of esters is 2. The van der Waals surface area contributed by atoms with E-state index in [4.69, 9.17) is 17.7 Å². The molecule has 14 nitrogen and oxygen atoms in total. The monoisotopic (exact) mass is 620 g/mol. The number of nitrogens with one attached hydrogen (secondary N) is 1. The van der Waals surface area contributed by atoms with Crippen LogP contribution in [0, 0.1) is 10.1 Å². The van der Waals surface area contributed by atoms with E-state index >= 15 is 0 Å². The van der Waals surface area contributed by atoms with Gasteiger partial charge in [0.15, 0.2) is 0 Å². The van der Waals surface area contributed by atoms with Gasteiger partial charge in [-0.2, -0.15) is 0 Å². The maximum absolute atomic E-state index is 11.7. The first-order valence-electron chi connectivity index (χ1n) is 11.3. The van der Waals surface area contributed by atoms with Crippen LogP contribution in [0.15, 0.2) is 60.7 Å². The number of nitrogens with zero attached hydrogens (tertiary/aromatic N) is 1. The van der Waals surface area contributed by atoms with Crippen LogP contribution in [0.25, 0.3) is 0 Å². The van der Waals surface area contributed by atoms with Gasteiger partial charge in [0.1, 0.15) is 17.1 Å². The third-order valence-corrected chi connectivity index (χ3v) is 6.88. The number of nitro benzene ring substituents is 1. The molecule has 212 valence electrons. The number of aromatic hydroxyl groups is 1. The van der Waals surface area contributed by atoms with Crippen molar-refractivity contribution in [3.8, 4) is 17.2 Å². The first-order valence-corrected chi connectivity index (χ1v) is 14.6. The quantitative estimate of drug-likeness (QED) is 0.0939. The van der Waals surface area contributed by atoms with E-state index in [1.165, 1.54) is 43.3 Å². The molecule has 0 saturated heterocycles. The van der Waals surface area contributed by atoms with E-state index in [0.29, 0.717) is 11.3 Å². The van der Waals surface area contributed by atoms with Gasteiger partial charge in [-0.25, -0.2) is 9.59 Å². The number of para-hydroxylation sites is 1. The van der Waals surface area contributed by atoms with Crippen LogP contribution in [0.4, 0.5) is 11.4 Å². The van der Waals surface area contributed by atoms with E-state index < -0.39 is 36.9 Å². The van der Waals surface area contributed by atoms with Crippen molar-refractivity contribution in [2.45, 2.75) is 13.8 Å². The summed E-state index contributed by atoms with van der Waals surface area (Å²) in [4.78, 5) is 44.5. The second-order valence-electron chi connectivity index (χ2n) is 7.67. The van der Waals surface area contributed by atoms with Crippen molar-refractivity contribution < 1.29 is 50.6 Å². The van der Waals surface area contributed by atoms with E-state index in [0.717, 1.165) is 13.2 Å². The minimum atomic E-state index is -5.14. The number of phenolic OH excluding ortho intramolecular Hbond substituents is 1. The average molecular weight is 620 g/mol. The molecule has 15 heteroatoms. The first-order chi connectivity index (χ1) is 18.8. The zero-order valence-electron chi connectivity index (χ0n) is 21.4. The third-order valence-electron chi connectivity index (χ3n) is 4.79. The SMILES string of the molecule is CC(=O)Nc1c(O)cccc1[As](=O)(O)O.CCOC(=O)c1cccc(Oc2ccc([N+](=O)[O-])c(C(=O)OC)c2)c1. The summed E-state index contributed by atoms with van der Waals surface area (Å²) in [6.45, 7) is 3.13. The Morgan fingerprint density at radius 1 is 1.00 bits per heavy atom. The molecule has 3 aromatic rings. The number of hydrogen-bond donors (Lipinski definition) is 4. The minimum Gasteiger partial charge on any atom is -0.465 e. The van der Waals surface area contributed by atoms with Crippen molar-refractivity contribution >= 4 is 47.7 Å². The van der Waals surface area contributed by atoms with Crippen LogP contribution < -0.4 is 14.4 Å². The number of nitro groups is 1. The third kappa shape index (κ3) is 8.70. The molecule has 0 fully saturated rings. The molecule has 0 bridgehead atoms. The fourth-order valence-corrected chi connectivity index (χ4v) is 4.68. The van der Waals surface area contributed by atoms with Crippen LogP contribution in [0.2, 0.25) is 0 Å². The molecular formula is C25H25AsN2O12. The summed E-state index contributed by atoms with van der Waals surface area (Å²) in [7, 11) is 1.13. The molecule has 3 rings (SSSR count). The number of carbonyl (C=O) groups is 3. The zero-order valence-corrected chi connectivity index (χ0v) is 23.3. The Morgan fingerprint density at radius 3 is 2.23 bits per heavy atom. The summed E-state index contributed by atoms with van der Waals surface area (Å²) in [6, 6.07) is 13.7. The summed E-state index contributed by atoms with van der Waals surface area (Å²) >= 11 is -5.14. The molecule has 0 spiro atoms.